The SMILES string of the molecule is CCC(NC(=O)C1CC2C=CC1C2)c1nnc(-c2ccccc2)[nH]c1=O. The molecule has 2 N–H and O–H groups in total. The third-order valence-electron chi connectivity index (χ3n) is 5.44. The normalized spacial score (nSPS) is 24.6. The summed E-state index contributed by atoms with van der Waals surface area (Å²) in [6.07, 6.45) is 6.93. The van der Waals surface area contributed by atoms with E-state index in [1.165, 1.54) is 0 Å². The standard InChI is InChI=1S/C20H22N4O2/c1-2-16(21-19(25)15-11-12-8-9-14(15)10-12)17-20(26)22-18(24-23-17)13-6-4-3-5-7-13/h3-9,12,14-16H,2,10-11H2,1H3,(H,21,25)(H,22,24,26). The van der Waals surface area contributed by atoms with Gasteiger partial charge in [-0.25, -0.2) is 0 Å². The zero-order valence-corrected chi connectivity index (χ0v) is 14.7. The van der Waals surface area contributed by atoms with Crippen molar-refractivity contribution < 1.29 is 4.79 Å². The van der Waals surface area contributed by atoms with Gasteiger partial charge in [0.05, 0.1) is 6.04 Å². The fourth-order valence-corrected chi connectivity index (χ4v) is 4.02. The fourth-order valence-electron chi connectivity index (χ4n) is 4.02. The van der Waals surface area contributed by atoms with Crippen LogP contribution in [0.1, 0.15) is 37.9 Å². The first-order chi connectivity index (χ1) is 12.7. The van der Waals surface area contributed by atoms with E-state index in [4.69, 9.17) is 0 Å². The predicted molar refractivity (Wildman–Crippen MR) is 98.1 cm³/mol. The van der Waals surface area contributed by atoms with Crippen LogP contribution in [0.2, 0.25) is 0 Å². The molecule has 1 saturated carbocycles. The van der Waals surface area contributed by atoms with Crippen molar-refractivity contribution >= 4 is 5.91 Å². The van der Waals surface area contributed by atoms with Crippen molar-refractivity contribution in [2.45, 2.75) is 32.2 Å². The van der Waals surface area contributed by atoms with Gasteiger partial charge in [-0.2, -0.15) is 0 Å². The number of hydrogen-bond donors (Lipinski definition) is 2. The number of benzene rings is 1. The van der Waals surface area contributed by atoms with Gasteiger partial charge in [0, 0.05) is 11.5 Å². The van der Waals surface area contributed by atoms with E-state index in [0.717, 1.165) is 18.4 Å². The number of allylic oxidation sites excluding steroid dienone is 2. The Hall–Kier alpha value is -2.76. The Labute approximate surface area is 151 Å². The Balaban J connectivity index is 1.52. The summed E-state index contributed by atoms with van der Waals surface area (Å²) < 4.78 is 0. The summed E-state index contributed by atoms with van der Waals surface area (Å²) in [6, 6.07) is 8.95. The molecule has 1 heterocycles. The summed E-state index contributed by atoms with van der Waals surface area (Å²) in [5.41, 5.74) is 0.757. The van der Waals surface area contributed by atoms with Crippen molar-refractivity contribution in [1.29, 1.82) is 0 Å². The topological polar surface area (TPSA) is 87.7 Å². The molecule has 134 valence electrons. The zero-order chi connectivity index (χ0) is 18.1. The third-order valence-corrected chi connectivity index (χ3v) is 5.44. The molecule has 4 rings (SSSR count). The summed E-state index contributed by atoms with van der Waals surface area (Å²) in [7, 11) is 0. The number of aromatic amines is 1. The quantitative estimate of drug-likeness (QED) is 0.812. The molecule has 0 saturated heterocycles. The number of hydrogen-bond acceptors (Lipinski definition) is 4. The molecule has 2 aliphatic carbocycles. The largest absolute Gasteiger partial charge is 0.347 e. The van der Waals surface area contributed by atoms with Crippen molar-refractivity contribution in [3.63, 3.8) is 0 Å². The lowest BCUT2D eigenvalue weighted by atomic mass is 9.92. The minimum atomic E-state index is -0.424. The maximum Gasteiger partial charge on any atom is 0.275 e. The van der Waals surface area contributed by atoms with Crippen LogP contribution < -0.4 is 10.9 Å². The molecule has 1 fully saturated rings. The molecule has 2 aromatic rings. The highest BCUT2D eigenvalue weighted by Gasteiger charge is 2.40. The van der Waals surface area contributed by atoms with Crippen LogP contribution >= 0.6 is 0 Å². The van der Waals surface area contributed by atoms with Crippen molar-refractivity contribution in [3.05, 3.63) is 58.5 Å². The highest BCUT2D eigenvalue weighted by atomic mass is 16.2. The van der Waals surface area contributed by atoms with Gasteiger partial charge in [0.1, 0.15) is 0 Å². The number of carbonyl (C=O) groups excluding carboxylic acids is 1. The minimum absolute atomic E-state index is 0.00897. The van der Waals surface area contributed by atoms with E-state index >= 15 is 0 Å². The Bertz CT molecular complexity index is 890. The summed E-state index contributed by atoms with van der Waals surface area (Å²) in [4.78, 5) is 28.0. The van der Waals surface area contributed by atoms with E-state index in [0.29, 0.717) is 24.1 Å². The lowest BCUT2D eigenvalue weighted by molar-refractivity contribution is -0.126. The van der Waals surface area contributed by atoms with Crippen LogP contribution in [0.25, 0.3) is 11.4 Å². The number of nitrogens with zero attached hydrogens (tertiary/aromatic N) is 2. The van der Waals surface area contributed by atoms with E-state index in [2.05, 4.69) is 32.7 Å². The smallest absolute Gasteiger partial charge is 0.275 e. The van der Waals surface area contributed by atoms with E-state index < -0.39 is 6.04 Å². The average molecular weight is 350 g/mol. The second-order valence-electron chi connectivity index (χ2n) is 7.11. The van der Waals surface area contributed by atoms with Crippen LogP contribution in [0.4, 0.5) is 0 Å². The predicted octanol–water partition coefficient (Wildman–Crippen LogP) is 2.61. The van der Waals surface area contributed by atoms with Crippen molar-refractivity contribution in [2.75, 3.05) is 0 Å². The summed E-state index contributed by atoms with van der Waals surface area (Å²) in [5, 5.41) is 11.3. The molecule has 1 aromatic carbocycles. The fraction of sp³-hybridized carbons (Fsp3) is 0.400. The first kappa shape index (κ1) is 16.7. The zero-order valence-electron chi connectivity index (χ0n) is 14.7. The lowest BCUT2D eigenvalue weighted by Gasteiger charge is -2.21. The van der Waals surface area contributed by atoms with Crippen LogP contribution in [0.3, 0.4) is 0 Å². The number of carbonyl (C=O) groups is 1. The first-order valence-electron chi connectivity index (χ1n) is 9.16. The monoisotopic (exact) mass is 350 g/mol. The van der Waals surface area contributed by atoms with Crippen molar-refractivity contribution in [3.8, 4) is 11.4 Å². The van der Waals surface area contributed by atoms with E-state index in [1.54, 1.807) is 0 Å². The molecule has 6 nitrogen and oxygen atoms in total. The maximum atomic E-state index is 12.7. The number of rotatable bonds is 5. The number of fused-ring (bicyclic) bond motifs is 2. The van der Waals surface area contributed by atoms with Crippen LogP contribution in [0.5, 0.6) is 0 Å². The summed E-state index contributed by atoms with van der Waals surface area (Å²) in [5.74, 6) is 1.32. The summed E-state index contributed by atoms with van der Waals surface area (Å²) in [6.45, 7) is 1.93. The van der Waals surface area contributed by atoms with E-state index in [9.17, 15) is 9.59 Å². The number of amides is 1. The Morgan fingerprint density at radius 3 is 2.65 bits per heavy atom. The average Bonchev–Trinajstić information content (AvgIpc) is 3.30. The van der Waals surface area contributed by atoms with Crippen LogP contribution in [-0.2, 0) is 4.79 Å². The molecule has 0 spiro atoms. The van der Waals surface area contributed by atoms with Gasteiger partial charge < -0.3 is 10.3 Å². The van der Waals surface area contributed by atoms with Gasteiger partial charge in [-0.1, -0.05) is 49.4 Å². The van der Waals surface area contributed by atoms with Gasteiger partial charge >= 0.3 is 0 Å². The van der Waals surface area contributed by atoms with Gasteiger partial charge in [-0.15, -0.1) is 10.2 Å². The first-order valence-corrected chi connectivity index (χ1v) is 9.16. The molecule has 4 unspecified atom stereocenters. The molecule has 0 aliphatic heterocycles. The molecule has 0 radical (unpaired) electrons. The minimum Gasteiger partial charge on any atom is -0.347 e. The second-order valence-corrected chi connectivity index (χ2v) is 7.11. The molecule has 4 atom stereocenters. The van der Waals surface area contributed by atoms with Crippen LogP contribution in [-0.4, -0.2) is 21.1 Å². The van der Waals surface area contributed by atoms with Crippen LogP contribution in [0.15, 0.2) is 47.3 Å². The molecule has 1 amide bonds. The van der Waals surface area contributed by atoms with Crippen molar-refractivity contribution in [1.82, 2.24) is 20.5 Å². The lowest BCUT2D eigenvalue weighted by Crippen LogP contribution is -2.38. The third kappa shape index (κ3) is 3.07. The van der Waals surface area contributed by atoms with Crippen molar-refractivity contribution in [2.24, 2.45) is 17.8 Å². The van der Waals surface area contributed by atoms with Crippen LogP contribution in [0, 0.1) is 17.8 Å². The highest BCUT2D eigenvalue weighted by molar-refractivity contribution is 5.80. The summed E-state index contributed by atoms with van der Waals surface area (Å²) >= 11 is 0. The van der Waals surface area contributed by atoms with Gasteiger partial charge in [0.25, 0.3) is 5.56 Å². The number of nitrogens with one attached hydrogen (secondary N) is 2. The molecule has 2 bridgehead atoms. The molecule has 1 aromatic heterocycles. The van der Waals surface area contributed by atoms with Gasteiger partial charge in [0.15, 0.2) is 11.5 Å². The van der Waals surface area contributed by atoms with Gasteiger partial charge in [-0.3, -0.25) is 9.59 Å². The molecule has 2 aliphatic rings. The second kappa shape index (κ2) is 6.86. The Kier molecular flexibility index (Phi) is 4.41. The van der Waals surface area contributed by atoms with Gasteiger partial charge in [-0.05, 0) is 31.1 Å². The Morgan fingerprint density at radius 1 is 1.23 bits per heavy atom. The number of H-pyrrole nitrogens is 1. The molecule has 26 heavy (non-hydrogen) atoms. The Morgan fingerprint density at radius 2 is 2.04 bits per heavy atom. The van der Waals surface area contributed by atoms with E-state index in [1.807, 2.05) is 37.3 Å². The molecular formula is C20H22N4O2. The van der Waals surface area contributed by atoms with Gasteiger partial charge in [0.2, 0.25) is 5.91 Å². The number of aromatic nitrogens is 3. The molecule has 6 heteroatoms. The van der Waals surface area contributed by atoms with E-state index in [-0.39, 0.29) is 23.1 Å². The molecular weight excluding hydrogens is 328 g/mol. The highest BCUT2D eigenvalue weighted by Crippen LogP contribution is 2.43. The maximum absolute atomic E-state index is 12.7.